The van der Waals surface area contributed by atoms with Crippen LogP contribution in [0.25, 0.3) is 0 Å². The standard InChI is InChI=1S/C17H19Cl2N3O3/c1-16(10-17(16,18)19)15(25)21-8-11-2-4-12(5-3-11)14(24)22-7-6-20-13(23)9-22/h2-5H,6-10H2,1H3,(H,20,23)(H,21,25). The lowest BCUT2D eigenvalue weighted by Gasteiger charge is -2.26. The number of nitrogens with one attached hydrogen (secondary N) is 2. The average Bonchev–Trinajstić information content (AvgIpc) is 3.12. The molecule has 25 heavy (non-hydrogen) atoms. The molecular formula is C17H19Cl2N3O3. The maximum atomic E-state index is 12.4. The van der Waals surface area contributed by atoms with Crippen LogP contribution in [0.15, 0.2) is 24.3 Å². The first-order valence-corrected chi connectivity index (χ1v) is 8.80. The Morgan fingerprint density at radius 2 is 1.92 bits per heavy atom. The van der Waals surface area contributed by atoms with Gasteiger partial charge in [0.25, 0.3) is 5.91 Å². The highest BCUT2D eigenvalue weighted by molar-refractivity contribution is 6.53. The van der Waals surface area contributed by atoms with E-state index in [1.807, 2.05) is 0 Å². The van der Waals surface area contributed by atoms with Gasteiger partial charge in [-0.15, -0.1) is 23.2 Å². The maximum Gasteiger partial charge on any atom is 0.254 e. The van der Waals surface area contributed by atoms with Gasteiger partial charge in [0, 0.05) is 25.2 Å². The van der Waals surface area contributed by atoms with Crippen molar-refractivity contribution in [1.29, 1.82) is 0 Å². The first kappa shape index (κ1) is 18.0. The monoisotopic (exact) mass is 383 g/mol. The molecule has 0 radical (unpaired) electrons. The molecule has 1 aliphatic heterocycles. The number of piperazine rings is 1. The number of benzene rings is 1. The molecule has 2 aliphatic rings. The molecule has 0 bridgehead atoms. The zero-order chi connectivity index (χ0) is 18.2. The molecule has 1 saturated carbocycles. The molecule has 2 fully saturated rings. The Morgan fingerprint density at radius 3 is 2.48 bits per heavy atom. The summed E-state index contributed by atoms with van der Waals surface area (Å²) in [6.45, 7) is 3.11. The SMILES string of the molecule is CC1(C(=O)NCc2ccc(C(=O)N3CCNC(=O)C3)cc2)CC1(Cl)Cl. The van der Waals surface area contributed by atoms with Crippen molar-refractivity contribution < 1.29 is 14.4 Å². The number of alkyl halides is 2. The van der Waals surface area contributed by atoms with Crippen LogP contribution in [0.4, 0.5) is 0 Å². The van der Waals surface area contributed by atoms with Crippen LogP contribution in [0, 0.1) is 5.41 Å². The van der Waals surface area contributed by atoms with Crippen LogP contribution < -0.4 is 10.6 Å². The number of carbonyl (C=O) groups is 3. The molecule has 1 aromatic carbocycles. The number of nitrogens with zero attached hydrogens (tertiary/aromatic N) is 1. The normalized spacial score (nSPS) is 24.4. The summed E-state index contributed by atoms with van der Waals surface area (Å²) in [4.78, 5) is 37.4. The Labute approximate surface area is 155 Å². The van der Waals surface area contributed by atoms with E-state index in [1.165, 1.54) is 4.90 Å². The zero-order valence-corrected chi connectivity index (χ0v) is 15.3. The number of hydrogen-bond acceptors (Lipinski definition) is 3. The summed E-state index contributed by atoms with van der Waals surface area (Å²) >= 11 is 12.0. The van der Waals surface area contributed by atoms with Crippen molar-refractivity contribution in [2.75, 3.05) is 19.6 Å². The van der Waals surface area contributed by atoms with E-state index in [0.29, 0.717) is 31.6 Å². The van der Waals surface area contributed by atoms with Gasteiger partial charge in [0.05, 0.1) is 12.0 Å². The highest BCUT2D eigenvalue weighted by Gasteiger charge is 2.67. The predicted molar refractivity (Wildman–Crippen MR) is 94.4 cm³/mol. The van der Waals surface area contributed by atoms with E-state index in [2.05, 4.69) is 10.6 Å². The minimum atomic E-state index is -0.992. The molecule has 1 saturated heterocycles. The van der Waals surface area contributed by atoms with Crippen molar-refractivity contribution in [1.82, 2.24) is 15.5 Å². The Morgan fingerprint density at radius 1 is 1.28 bits per heavy atom. The summed E-state index contributed by atoms with van der Waals surface area (Å²) < 4.78 is -0.992. The van der Waals surface area contributed by atoms with Gasteiger partial charge in [0.2, 0.25) is 11.8 Å². The summed E-state index contributed by atoms with van der Waals surface area (Å²) in [5, 5.41) is 5.50. The van der Waals surface area contributed by atoms with E-state index < -0.39 is 9.75 Å². The first-order chi connectivity index (χ1) is 11.7. The highest BCUT2D eigenvalue weighted by atomic mass is 35.5. The van der Waals surface area contributed by atoms with Gasteiger partial charge in [-0.2, -0.15) is 0 Å². The van der Waals surface area contributed by atoms with Gasteiger partial charge < -0.3 is 15.5 Å². The molecule has 1 heterocycles. The minimum absolute atomic E-state index is 0.0772. The number of hydrogen-bond donors (Lipinski definition) is 2. The molecule has 1 unspecified atom stereocenters. The van der Waals surface area contributed by atoms with Gasteiger partial charge in [-0.3, -0.25) is 14.4 Å². The predicted octanol–water partition coefficient (Wildman–Crippen LogP) is 1.46. The summed E-state index contributed by atoms with van der Waals surface area (Å²) in [7, 11) is 0. The molecule has 0 aromatic heterocycles. The second kappa shape index (κ2) is 6.50. The van der Waals surface area contributed by atoms with Crippen LogP contribution >= 0.6 is 23.2 Å². The Balaban J connectivity index is 1.56. The largest absolute Gasteiger partial charge is 0.353 e. The van der Waals surface area contributed by atoms with E-state index in [0.717, 1.165) is 5.56 Å². The van der Waals surface area contributed by atoms with Crippen LogP contribution in [-0.2, 0) is 16.1 Å². The fourth-order valence-electron chi connectivity index (χ4n) is 2.78. The molecule has 1 aromatic rings. The fraction of sp³-hybridized carbons (Fsp3) is 0.471. The summed E-state index contributed by atoms with van der Waals surface area (Å²) in [6, 6.07) is 6.95. The third-order valence-corrected chi connectivity index (χ3v) is 5.84. The van der Waals surface area contributed by atoms with Gasteiger partial charge in [-0.1, -0.05) is 12.1 Å². The van der Waals surface area contributed by atoms with E-state index >= 15 is 0 Å². The Hall–Kier alpha value is -1.79. The van der Waals surface area contributed by atoms with Crippen LogP contribution in [-0.4, -0.2) is 46.6 Å². The molecule has 1 atom stereocenters. The van der Waals surface area contributed by atoms with Crippen LogP contribution in [0.1, 0.15) is 29.3 Å². The number of halogens is 2. The van der Waals surface area contributed by atoms with Crippen molar-refractivity contribution in [2.45, 2.75) is 24.2 Å². The topological polar surface area (TPSA) is 78.5 Å². The fourth-order valence-corrected chi connectivity index (χ4v) is 3.49. The van der Waals surface area contributed by atoms with Crippen molar-refractivity contribution in [3.63, 3.8) is 0 Å². The molecule has 8 heteroatoms. The van der Waals surface area contributed by atoms with E-state index in [9.17, 15) is 14.4 Å². The number of carbonyl (C=O) groups excluding carboxylic acids is 3. The van der Waals surface area contributed by atoms with Gasteiger partial charge in [-0.05, 0) is 31.0 Å². The molecule has 2 N–H and O–H groups in total. The molecule has 3 amide bonds. The second-order valence-electron chi connectivity index (χ2n) is 6.67. The first-order valence-electron chi connectivity index (χ1n) is 8.04. The quantitative estimate of drug-likeness (QED) is 0.772. The van der Waals surface area contributed by atoms with Crippen molar-refractivity contribution in [3.8, 4) is 0 Å². The molecule has 0 spiro atoms. The summed E-state index contributed by atoms with van der Waals surface area (Å²) in [5.41, 5.74) is 0.626. The zero-order valence-electron chi connectivity index (χ0n) is 13.8. The van der Waals surface area contributed by atoms with Crippen LogP contribution in [0.5, 0.6) is 0 Å². The lowest BCUT2D eigenvalue weighted by atomic mass is 10.1. The summed E-state index contributed by atoms with van der Waals surface area (Å²) in [5.74, 6) is -0.510. The van der Waals surface area contributed by atoms with Crippen molar-refractivity contribution in [2.24, 2.45) is 5.41 Å². The molecule has 6 nitrogen and oxygen atoms in total. The number of rotatable bonds is 4. The Bertz CT molecular complexity index is 720. The highest BCUT2D eigenvalue weighted by Crippen LogP contribution is 2.63. The smallest absolute Gasteiger partial charge is 0.254 e. The van der Waals surface area contributed by atoms with E-state index in [1.54, 1.807) is 31.2 Å². The maximum absolute atomic E-state index is 12.4. The number of amides is 3. The molecule has 134 valence electrons. The van der Waals surface area contributed by atoms with Crippen LogP contribution in [0.3, 0.4) is 0 Å². The van der Waals surface area contributed by atoms with E-state index in [4.69, 9.17) is 23.2 Å². The summed E-state index contributed by atoms with van der Waals surface area (Å²) in [6.07, 6.45) is 0.436. The average molecular weight is 384 g/mol. The van der Waals surface area contributed by atoms with Crippen LogP contribution in [0.2, 0.25) is 0 Å². The molecule has 3 rings (SSSR count). The van der Waals surface area contributed by atoms with Gasteiger partial charge in [0.1, 0.15) is 4.33 Å². The lowest BCUT2D eigenvalue weighted by molar-refractivity contribution is -0.126. The van der Waals surface area contributed by atoms with Crippen molar-refractivity contribution >= 4 is 40.9 Å². The second-order valence-corrected chi connectivity index (χ2v) is 8.15. The third-order valence-electron chi connectivity index (χ3n) is 4.74. The molecule has 1 aliphatic carbocycles. The Kier molecular flexibility index (Phi) is 4.68. The lowest BCUT2D eigenvalue weighted by Crippen LogP contribution is -2.49. The van der Waals surface area contributed by atoms with E-state index in [-0.39, 0.29) is 24.3 Å². The third kappa shape index (κ3) is 3.60. The minimum Gasteiger partial charge on any atom is -0.353 e. The molecular weight excluding hydrogens is 365 g/mol. The van der Waals surface area contributed by atoms with Crippen molar-refractivity contribution in [3.05, 3.63) is 35.4 Å². The van der Waals surface area contributed by atoms with Gasteiger partial charge in [0.15, 0.2) is 0 Å². The van der Waals surface area contributed by atoms with Gasteiger partial charge >= 0.3 is 0 Å². The van der Waals surface area contributed by atoms with Gasteiger partial charge in [-0.25, -0.2) is 0 Å².